The van der Waals surface area contributed by atoms with Crippen LogP contribution in [0.5, 0.6) is 0 Å². The first-order chi connectivity index (χ1) is 19.4. The summed E-state index contributed by atoms with van der Waals surface area (Å²) in [4.78, 5) is 20.3. The van der Waals surface area contributed by atoms with Gasteiger partial charge in [0.1, 0.15) is 5.82 Å². The van der Waals surface area contributed by atoms with Gasteiger partial charge >= 0.3 is 5.97 Å². The van der Waals surface area contributed by atoms with Crippen LogP contribution in [0.1, 0.15) is 31.0 Å². The summed E-state index contributed by atoms with van der Waals surface area (Å²) in [5.41, 5.74) is 5.80. The second-order valence-corrected chi connectivity index (χ2v) is 10.5. The number of allylic oxidation sites excluding steroid dienone is 1. The number of amidine groups is 1. The first-order valence-corrected chi connectivity index (χ1v) is 14.0. The highest BCUT2D eigenvalue weighted by atomic mass is 35.5. The van der Waals surface area contributed by atoms with Gasteiger partial charge in [0.15, 0.2) is 5.17 Å². The monoisotopic (exact) mass is 570 g/mol. The maximum atomic E-state index is 13.8. The van der Waals surface area contributed by atoms with E-state index in [1.165, 1.54) is 23.9 Å². The van der Waals surface area contributed by atoms with Crippen LogP contribution in [0.2, 0.25) is 5.02 Å². The largest absolute Gasteiger partial charge is 0.463 e. The van der Waals surface area contributed by atoms with Gasteiger partial charge in [0.05, 0.1) is 41.0 Å². The Morgan fingerprint density at radius 3 is 2.42 bits per heavy atom. The Balaban J connectivity index is 1.59. The van der Waals surface area contributed by atoms with E-state index in [1.807, 2.05) is 82.7 Å². The fraction of sp³-hybridized carbons (Fsp3) is 0.129. The van der Waals surface area contributed by atoms with Gasteiger partial charge < -0.3 is 9.64 Å². The lowest BCUT2D eigenvalue weighted by molar-refractivity contribution is -0.139. The summed E-state index contributed by atoms with van der Waals surface area (Å²) in [6, 6.07) is 22.9. The van der Waals surface area contributed by atoms with Crippen LogP contribution in [0, 0.1) is 5.82 Å². The zero-order valence-electron chi connectivity index (χ0n) is 21.7. The molecule has 6 nitrogen and oxygen atoms in total. The fourth-order valence-corrected chi connectivity index (χ4v) is 6.01. The number of para-hydroxylation sites is 1. The minimum absolute atomic E-state index is 0.224. The normalized spacial score (nSPS) is 16.5. The van der Waals surface area contributed by atoms with E-state index < -0.39 is 12.0 Å². The number of ether oxygens (including phenoxy) is 1. The molecule has 2 aliphatic heterocycles. The summed E-state index contributed by atoms with van der Waals surface area (Å²) < 4.78 is 21.2. The second kappa shape index (κ2) is 10.8. The number of benzene rings is 3. The number of esters is 1. The molecule has 3 heterocycles. The summed E-state index contributed by atoms with van der Waals surface area (Å²) in [6.07, 6.45) is 1.95. The van der Waals surface area contributed by atoms with Crippen molar-refractivity contribution in [1.82, 2.24) is 14.7 Å². The van der Waals surface area contributed by atoms with E-state index in [1.54, 1.807) is 19.1 Å². The predicted octanol–water partition coefficient (Wildman–Crippen LogP) is 7.63. The molecule has 0 radical (unpaired) electrons. The summed E-state index contributed by atoms with van der Waals surface area (Å²) in [5.74, 6) is -0.770. The van der Waals surface area contributed by atoms with Crippen LogP contribution in [0.25, 0.3) is 22.6 Å². The van der Waals surface area contributed by atoms with E-state index in [2.05, 4.69) is 0 Å². The standard InChI is InChI=1S/C31H24ClFN4O2S/c1-3-39-30(38)27-19(2)34-31-37(26(18-40-31)20-11-15-23(33)16-12-20)29(27)25-17-36(24-7-5-4-6-8-24)35-28(25)21-9-13-22(32)14-10-21/h4-18,29H,3H2,1-2H3/t29-/m0/s1. The average molecular weight is 571 g/mol. The quantitative estimate of drug-likeness (QED) is 0.223. The molecule has 2 aliphatic rings. The molecule has 1 atom stereocenters. The average Bonchev–Trinajstić information content (AvgIpc) is 3.59. The fourth-order valence-electron chi connectivity index (χ4n) is 4.91. The third-order valence-corrected chi connectivity index (χ3v) is 7.83. The Labute approximate surface area is 240 Å². The smallest absolute Gasteiger partial charge is 0.338 e. The van der Waals surface area contributed by atoms with Gasteiger partial charge in [-0.1, -0.05) is 53.7 Å². The van der Waals surface area contributed by atoms with E-state index in [0.29, 0.717) is 27.2 Å². The number of aliphatic imine (C=N–C) groups is 1. The van der Waals surface area contributed by atoms with Gasteiger partial charge in [-0.25, -0.2) is 18.9 Å². The van der Waals surface area contributed by atoms with Crippen molar-refractivity contribution in [2.24, 2.45) is 4.99 Å². The number of aromatic nitrogens is 2. The number of hydrogen-bond acceptors (Lipinski definition) is 6. The molecule has 9 heteroatoms. The van der Waals surface area contributed by atoms with Crippen LogP contribution >= 0.6 is 23.4 Å². The van der Waals surface area contributed by atoms with Crippen molar-refractivity contribution in [1.29, 1.82) is 0 Å². The summed E-state index contributed by atoms with van der Waals surface area (Å²) >= 11 is 7.68. The Bertz CT molecular complexity index is 1680. The lowest BCUT2D eigenvalue weighted by Gasteiger charge is -2.36. The molecule has 3 aromatic carbocycles. The number of rotatable bonds is 6. The number of carbonyl (C=O) groups excluding carboxylic acids is 1. The van der Waals surface area contributed by atoms with E-state index in [9.17, 15) is 9.18 Å². The van der Waals surface area contributed by atoms with Crippen molar-refractivity contribution in [3.63, 3.8) is 0 Å². The Kier molecular flexibility index (Phi) is 7.04. The van der Waals surface area contributed by atoms with E-state index in [-0.39, 0.29) is 12.4 Å². The molecule has 0 N–H and O–H groups in total. The van der Waals surface area contributed by atoms with Gasteiger partial charge in [0.2, 0.25) is 0 Å². The first kappa shape index (κ1) is 26.1. The molecule has 0 unspecified atom stereocenters. The SMILES string of the molecule is CCOC(=O)C1=C(C)N=C2SC=C(c3ccc(F)cc3)N2[C@H]1c1cn(-c2ccccc2)nc1-c1ccc(Cl)cc1. The van der Waals surface area contributed by atoms with Gasteiger partial charge in [-0.15, -0.1) is 0 Å². The Morgan fingerprint density at radius 2 is 1.73 bits per heavy atom. The molecule has 0 spiro atoms. The highest BCUT2D eigenvalue weighted by molar-refractivity contribution is 8.16. The lowest BCUT2D eigenvalue weighted by atomic mass is 9.92. The number of fused-ring (bicyclic) bond motifs is 1. The highest BCUT2D eigenvalue weighted by Gasteiger charge is 2.43. The third kappa shape index (κ3) is 4.74. The van der Waals surface area contributed by atoms with Crippen LogP contribution in [-0.4, -0.2) is 32.4 Å². The van der Waals surface area contributed by atoms with Crippen LogP contribution < -0.4 is 0 Å². The van der Waals surface area contributed by atoms with Crippen LogP contribution in [0.15, 0.2) is 107 Å². The van der Waals surface area contributed by atoms with Gasteiger partial charge in [-0.2, -0.15) is 5.10 Å². The number of carbonyl (C=O) groups is 1. The summed E-state index contributed by atoms with van der Waals surface area (Å²) in [7, 11) is 0. The molecule has 200 valence electrons. The van der Waals surface area contributed by atoms with Crippen molar-refractivity contribution in [2.45, 2.75) is 19.9 Å². The molecule has 0 bridgehead atoms. The van der Waals surface area contributed by atoms with Gasteiger partial charge in [0, 0.05) is 27.8 Å². The number of nitrogens with zero attached hydrogens (tertiary/aromatic N) is 4. The van der Waals surface area contributed by atoms with Crippen molar-refractivity contribution in [2.75, 3.05) is 6.61 Å². The van der Waals surface area contributed by atoms with E-state index in [0.717, 1.165) is 28.1 Å². The minimum atomic E-state index is -0.610. The molecular weight excluding hydrogens is 547 g/mol. The number of hydrogen-bond donors (Lipinski definition) is 0. The topological polar surface area (TPSA) is 59.7 Å². The maximum absolute atomic E-state index is 13.8. The van der Waals surface area contributed by atoms with Gasteiger partial charge in [-0.3, -0.25) is 0 Å². The molecule has 0 saturated carbocycles. The third-order valence-electron chi connectivity index (χ3n) is 6.74. The molecule has 0 amide bonds. The lowest BCUT2D eigenvalue weighted by Crippen LogP contribution is -2.36. The molecule has 0 saturated heterocycles. The minimum Gasteiger partial charge on any atom is -0.463 e. The molecule has 40 heavy (non-hydrogen) atoms. The zero-order valence-corrected chi connectivity index (χ0v) is 23.3. The van der Waals surface area contributed by atoms with Gasteiger partial charge in [0.25, 0.3) is 0 Å². The summed E-state index contributed by atoms with van der Waals surface area (Å²) in [5, 5.41) is 8.30. The van der Waals surface area contributed by atoms with Crippen LogP contribution in [-0.2, 0) is 9.53 Å². The number of thioether (sulfide) groups is 1. The van der Waals surface area contributed by atoms with Crippen molar-refractivity contribution in [3.8, 4) is 16.9 Å². The molecular formula is C31H24ClFN4O2S. The second-order valence-electron chi connectivity index (χ2n) is 9.23. The van der Waals surface area contributed by atoms with Crippen LogP contribution in [0.4, 0.5) is 4.39 Å². The molecule has 6 rings (SSSR count). The van der Waals surface area contributed by atoms with Gasteiger partial charge in [-0.05, 0) is 67.9 Å². The molecule has 0 fully saturated rings. The number of halogens is 2. The zero-order chi connectivity index (χ0) is 27.8. The van der Waals surface area contributed by atoms with Crippen molar-refractivity contribution < 1.29 is 13.9 Å². The van der Waals surface area contributed by atoms with Crippen molar-refractivity contribution >= 4 is 40.2 Å². The first-order valence-electron chi connectivity index (χ1n) is 12.7. The Morgan fingerprint density at radius 1 is 1.02 bits per heavy atom. The maximum Gasteiger partial charge on any atom is 0.338 e. The Hall–Kier alpha value is -4.14. The molecule has 4 aromatic rings. The highest BCUT2D eigenvalue weighted by Crippen LogP contribution is 2.48. The van der Waals surface area contributed by atoms with E-state index in [4.69, 9.17) is 26.4 Å². The molecule has 1 aromatic heterocycles. The van der Waals surface area contributed by atoms with Crippen LogP contribution in [0.3, 0.4) is 0 Å². The molecule has 0 aliphatic carbocycles. The predicted molar refractivity (Wildman–Crippen MR) is 157 cm³/mol. The summed E-state index contributed by atoms with van der Waals surface area (Å²) in [6.45, 7) is 3.83. The van der Waals surface area contributed by atoms with E-state index >= 15 is 0 Å². The van der Waals surface area contributed by atoms with Crippen molar-refractivity contribution in [3.05, 3.63) is 124 Å².